The van der Waals surface area contributed by atoms with Crippen LogP contribution in [0.15, 0.2) is 29.4 Å². The summed E-state index contributed by atoms with van der Waals surface area (Å²) in [4.78, 5) is 4.32. The van der Waals surface area contributed by atoms with Crippen molar-refractivity contribution in [3.05, 3.63) is 24.4 Å². The highest BCUT2D eigenvalue weighted by atomic mass is 32.2. The number of sulfonamides is 1. The molecule has 1 aliphatic carbocycles. The number of aromatic nitrogens is 2. The number of hydrogen-bond acceptors (Lipinski definition) is 4. The van der Waals surface area contributed by atoms with Crippen LogP contribution in [-0.4, -0.2) is 30.9 Å². The van der Waals surface area contributed by atoms with Crippen LogP contribution in [0, 0.1) is 0 Å². The second-order valence-electron chi connectivity index (χ2n) is 5.40. The van der Waals surface area contributed by atoms with E-state index in [4.69, 9.17) is 0 Å². The van der Waals surface area contributed by atoms with Crippen LogP contribution in [0.5, 0.6) is 0 Å². The van der Waals surface area contributed by atoms with Crippen LogP contribution < -0.4 is 10.0 Å². The summed E-state index contributed by atoms with van der Waals surface area (Å²) >= 11 is 0. The van der Waals surface area contributed by atoms with Crippen molar-refractivity contribution in [1.82, 2.24) is 14.1 Å². The van der Waals surface area contributed by atoms with E-state index in [1.165, 1.54) is 6.42 Å². The molecule has 2 N–H and O–H groups in total. The fraction of sp³-hybridized carbons (Fsp3) is 0.500. The van der Waals surface area contributed by atoms with E-state index >= 15 is 0 Å². The number of anilines is 1. The van der Waals surface area contributed by atoms with Gasteiger partial charge in [-0.1, -0.05) is 25.3 Å². The van der Waals surface area contributed by atoms with Crippen LogP contribution in [0.2, 0.25) is 0 Å². The van der Waals surface area contributed by atoms with Crippen LogP contribution in [0.3, 0.4) is 0 Å². The second-order valence-corrected chi connectivity index (χ2v) is 7.03. The number of imidazole rings is 1. The van der Waals surface area contributed by atoms with Gasteiger partial charge in [-0.2, -0.15) is 0 Å². The van der Waals surface area contributed by atoms with E-state index in [1.54, 1.807) is 29.8 Å². The Morgan fingerprint density at radius 1 is 1.24 bits per heavy atom. The number of nitrogens with one attached hydrogen (secondary N) is 2. The summed E-state index contributed by atoms with van der Waals surface area (Å²) in [6.45, 7) is 0. The lowest BCUT2D eigenvalue weighted by atomic mass is 9.96. The first-order valence-electron chi connectivity index (χ1n) is 7.29. The number of rotatable bonds is 4. The summed E-state index contributed by atoms with van der Waals surface area (Å²) in [5.41, 5.74) is 0.617. The SMILES string of the molecule is CNc1nc2ccccn2c1S(=O)(=O)NC1CCCCC1. The monoisotopic (exact) mass is 308 g/mol. The van der Waals surface area contributed by atoms with Crippen molar-refractivity contribution in [2.75, 3.05) is 12.4 Å². The summed E-state index contributed by atoms with van der Waals surface area (Å²) in [5, 5.41) is 3.06. The fourth-order valence-corrected chi connectivity index (χ4v) is 4.49. The summed E-state index contributed by atoms with van der Waals surface area (Å²) in [6, 6.07) is 5.46. The predicted molar refractivity (Wildman–Crippen MR) is 81.9 cm³/mol. The molecule has 0 saturated heterocycles. The minimum atomic E-state index is -3.60. The van der Waals surface area contributed by atoms with Crippen LogP contribution in [0.25, 0.3) is 5.65 Å². The lowest BCUT2D eigenvalue weighted by Crippen LogP contribution is -2.36. The van der Waals surface area contributed by atoms with Crippen molar-refractivity contribution >= 4 is 21.5 Å². The van der Waals surface area contributed by atoms with Gasteiger partial charge in [-0.3, -0.25) is 4.40 Å². The lowest BCUT2D eigenvalue weighted by molar-refractivity contribution is 0.411. The molecule has 21 heavy (non-hydrogen) atoms. The third-order valence-corrected chi connectivity index (χ3v) is 5.45. The van der Waals surface area contributed by atoms with Crippen molar-refractivity contribution in [3.63, 3.8) is 0 Å². The highest BCUT2D eigenvalue weighted by Gasteiger charge is 2.28. The number of hydrogen-bond donors (Lipinski definition) is 2. The summed E-state index contributed by atoms with van der Waals surface area (Å²) in [6.07, 6.45) is 6.89. The van der Waals surface area contributed by atoms with Crippen molar-refractivity contribution in [1.29, 1.82) is 0 Å². The molecule has 0 aromatic carbocycles. The zero-order chi connectivity index (χ0) is 14.9. The first-order valence-corrected chi connectivity index (χ1v) is 8.77. The molecule has 7 heteroatoms. The Kier molecular flexibility index (Phi) is 3.86. The van der Waals surface area contributed by atoms with Crippen LogP contribution in [-0.2, 0) is 10.0 Å². The molecule has 0 bridgehead atoms. The molecule has 2 aromatic heterocycles. The molecule has 2 heterocycles. The standard InChI is InChI=1S/C14H20N4O2S/c1-15-13-14(18-10-6-5-9-12(18)16-13)21(19,20)17-11-7-3-2-4-8-11/h5-6,9-11,15,17H,2-4,7-8H2,1H3. The molecular formula is C14H20N4O2S. The molecule has 6 nitrogen and oxygen atoms in total. The van der Waals surface area contributed by atoms with Gasteiger partial charge in [0.25, 0.3) is 10.0 Å². The van der Waals surface area contributed by atoms with Gasteiger partial charge < -0.3 is 5.32 Å². The Bertz CT molecular complexity index is 733. The molecule has 3 rings (SSSR count). The third-order valence-electron chi connectivity index (χ3n) is 3.90. The second kappa shape index (κ2) is 5.65. The van der Waals surface area contributed by atoms with Crippen LogP contribution in [0.4, 0.5) is 5.82 Å². The topological polar surface area (TPSA) is 75.5 Å². The van der Waals surface area contributed by atoms with E-state index < -0.39 is 10.0 Å². The summed E-state index contributed by atoms with van der Waals surface area (Å²) < 4.78 is 29.9. The van der Waals surface area contributed by atoms with Crippen LogP contribution >= 0.6 is 0 Å². The molecule has 1 aliphatic rings. The molecule has 114 valence electrons. The molecule has 2 aromatic rings. The Labute approximate surface area is 124 Å². The number of fused-ring (bicyclic) bond motifs is 1. The smallest absolute Gasteiger partial charge is 0.260 e. The first-order chi connectivity index (χ1) is 10.1. The highest BCUT2D eigenvalue weighted by molar-refractivity contribution is 7.89. The molecule has 0 radical (unpaired) electrons. The normalized spacial score (nSPS) is 17.2. The van der Waals surface area contributed by atoms with E-state index in [0.717, 1.165) is 25.7 Å². The van der Waals surface area contributed by atoms with Crippen molar-refractivity contribution < 1.29 is 8.42 Å². The molecule has 0 atom stereocenters. The molecular weight excluding hydrogens is 288 g/mol. The highest BCUT2D eigenvalue weighted by Crippen LogP contribution is 2.25. The Hall–Kier alpha value is -1.60. The summed E-state index contributed by atoms with van der Waals surface area (Å²) in [7, 11) is -1.92. The van der Waals surface area contributed by atoms with Gasteiger partial charge in [-0.15, -0.1) is 0 Å². The molecule has 0 aliphatic heterocycles. The van der Waals surface area contributed by atoms with Gasteiger partial charge in [-0.05, 0) is 25.0 Å². The average molecular weight is 308 g/mol. The van der Waals surface area contributed by atoms with E-state index in [2.05, 4.69) is 15.0 Å². The molecule has 0 amide bonds. The molecule has 0 unspecified atom stereocenters. The maximum absolute atomic E-state index is 12.7. The van der Waals surface area contributed by atoms with Crippen molar-refractivity contribution in [2.45, 2.75) is 43.2 Å². The van der Waals surface area contributed by atoms with Gasteiger partial charge in [0.05, 0.1) is 0 Å². The van der Waals surface area contributed by atoms with Gasteiger partial charge in [-0.25, -0.2) is 18.1 Å². The largest absolute Gasteiger partial charge is 0.371 e. The Balaban J connectivity index is 2.01. The van der Waals surface area contributed by atoms with E-state index in [-0.39, 0.29) is 11.1 Å². The third kappa shape index (κ3) is 2.75. The molecule has 1 saturated carbocycles. The van der Waals surface area contributed by atoms with Gasteiger partial charge in [0.2, 0.25) is 0 Å². The number of nitrogens with zero attached hydrogens (tertiary/aromatic N) is 2. The Morgan fingerprint density at radius 3 is 2.71 bits per heavy atom. The Morgan fingerprint density at radius 2 is 2.00 bits per heavy atom. The minimum absolute atomic E-state index is 0.0303. The minimum Gasteiger partial charge on any atom is -0.371 e. The lowest BCUT2D eigenvalue weighted by Gasteiger charge is -2.22. The van der Waals surface area contributed by atoms with Gasteiger partial charge in [0, 0.05) is 19.3 Å². The van der Waals surface area contributed by atoms with Crippen molar-refractivity contribution in [3.8, 4) is 0 Å². The van der Waals surface area contributed by atoms with Crippen molar-refractivity contribution in [2.24, 2.45) is 0 Å². The molecule has 1 fully saturated rings. The maximum atomic E-state index is 12.7. The first kappa shape index (κ1) is 14.3. The van der Waals surface area contributed by atoms with E-state index in [0.29, 0.717) is 11.5 Å². The van der Waals surface area contributed by atoms with E-state index in [1.807, 2.05) is 6.07 Å². The quantitative estimate of drug-likeness (QED) is 0.905. The maximum Gasteiger partial charge on any atom is 0.260 e. The zero-order valence-corrected chi connectivity index (χ0v) is 12.9. The average Bonchev–Trinajstić information content (AvgIpc) is 2.87. The summed E-state index contributed by atoms with van der Waals surface area (Å²) in [5.74, 6) is 0.379. The fourth-order valence-electron chi connectivity index (χ4n) is 2.89. The number of pyridine rings is 1. The van der Waals surface area contributed by atoms with Gasteiger partial charge >= 0.3 is 0 Å². The predicted octanol–water partition coefficient (Wildman–Crippen LogP) is 1.99. The van der Waals surface area contributed by atoms with Gasteiger partial charge in [0.1, 0.15) is 5.65 Å². The molecule has 0 spiro atoms. The van der Waals surface area contributed by atoms with Gasteiger partial charge in [0.15, 0.2) is 10.8 Å². The van der Waals surface area contributed by atoms with E-state index in [9.17, 15) is 8.42 Å². The van der Waals surface area contributed by atoms with Crippen LogP contribution in [0.1, 0.15) is 32.1 Å². The zero-order valence-electron chi connectivity index (χ0n) is 12.0.